The fraction of sp³-hybridized carbons (Fsp3) is 0.350. The van der Waals surface area contributed by atoms with Crippen LogP contribution in [0.25, 0.3) is 0 Å². The number of carbonyl (C=O) groups excluding carboxylic acids is 2. The molecule has 1 N–H and O–H groups in total. The van der Waals surface area contributed by atoms with Gasteiger partial charge in [0, 0.05) is 12.3 Å². The van der Waals surface area contributed by atoms with E-state index in [2.05, 4.69) is 19.8 Å². The molecule has 11 heteroatoms. The Morgan fingerprint density at radius 1 is 1.06 bits per heavy atom. The molecule has 0 bridgehead atoms. The number of halogens is 3. The third-order valence-corrected chi connectivity index (χ3v) is 5.53. The lowest BCUT2D eigenvalue weighted by Gasteiger charge is -2.30. The van der Waals surface area contributed by atoms with Crippen molar-refractivity contribution in [3.63, 3.8) is 0 Å². The summed E-state index contributed by atoms with van der Waals surface area (Å²) in [6, 6.07) is 4.02. The summed E-state index contributed by atoms with van der Waals surface area (Å²) >= 11 is 0. The summed E-state index contributed by atoms with van der Waals surface area (Å²) in [7, 11) is 0. The van der Waals surface area contributed by atoms with Crippen molar-refractivity contribution >= 4 is 17.6 Å². The maximum atomic E-state index is 15.2. The second kappa shape index (κ2) is 6.76. The van der Waals surface area contributed by atoms with Gasteiger partial charge in [0.2, 0.25) is 5.82 Å². The third-order valence-electron chi connectivity index (χ3n) is 5.53. The summed E-state index contributed by atoms with van der Waals surface area (Å²) in [5.41, 5.74) is -1.32. The van der Waals surface area contributed by atoms with Crippen molar-refractivity contribution in [2.75, 3.05) is 4.90 Å². The first kappa shape index (κ1) is 19.5. The molecule has 2 aromatic rings. The topological polar surface area (TPSA) is 90.0 Å². The number of urea groups is 1. The van der Waals surface area contributed by atoms with E-state index in [1.165, 1.54) is 24.4 Å². The summed E-state index contributed by atoms with van der Waals surface area (Å²) in [5.74, 6) is -2.62. The molecule has 1 aromatic heterocycles. The van der Waals surface area contributed by atoms with E-state index >= 15 is 4.39 Å². The molecule has 1 spiro atoms. The average molecular weight is 435 g/mol. The number of hydrogen-bond donors (Lipinski definition) is 1. The van der Waals surface area contributed by atoms with Gasteiger partial charge in [-0.3, -0.25) is 4.79 Å². The Labute approximate surface area is 173 Å². The Balaban J connectivity index is 1.43. The number of nitrogens with one attached hydrogen (secondary N) is 1. The van der Waals surface area contributed by atoms with Crippen LogP contribution in [-0.4, -0.2) is 28.8 Å². The standard InChI is InChI=1S/C20H16F3N3O5/c21-15-12(26-17(27)19(25-18(26)28)7-2-1-3-8-19)6-9-24-16(15)29-11-4-5-13-14(10-11)31-20(22,23)30-13/h4-6,9-10H,1-3,7-8H2,(H,25,28). The molecule has 2 fully saturated rings. The van der Waals surface area contributed by atoms with Crippen LogP contribution in [0.1, 0.15) is 32.1 Å². The molecular formula is C20H16F3N3O5. The van der Waals surface area contributed by atoms with Crippen LogP contribution in [-0.2, 0) is 4.79 Å². The van der Waals surface area contributed by atoms with E-state index in [9.17, 15) is 18.4 Å². The number of ether oxygens (including phenoxy) is 3. The number of imide groups is 1. The lowest BCUT2D eigenvalue weighted by Crippen LogP contribution is -2.48. The Bertz CT molecular complexity index is 1090. The molecule has 5 rings (SSSR count). The van der Waals surface area contributed by atoms with Crippen molar-refractivity contribution < 1.29 is 37.0 Å². The minimum atomic E-state index is -3.80. The number of benzene rings is 1. The number of hydrogen-bond acceptors (Lipinski definition) is 6. The molecule has 1 saturated carbocycles. The maximum absolute atomic E-state index is 15.2. The van der Waals surface area contributed by atoms with Gasteiger partial charge in [-0.25, -0.2) is 14.7 Å². The third kappa shape index (κ3) is 3.20. The number of fused-ring (bicyclic) bond motifs is 1. The molecule has 0 atom stereocenters. The molecule has 1 aromatic carbocycles. The van der Waals surface area contributed by atoms with Gasteiger partial charge >= 0.3 is 12.3 Å². The molecule has 3 amide bonds. The Morgan fingerprint density at radius 2 is 1.81 bits per heavy atom. The Morgan fingerprint density at radius 3 is 2.58 bits per heavy atom. The lowest BCUT2D eigenvalue weighted by molar-refractivity contribution is -0.286. The van der Waals surface area contributed by atoms with Crippen LogP contribution in [0.15, 0.2) is 30.5 Å². The van der Waals surface area contributed by atoms with E-state index in [1.807, 2.05) is 0 Å². The maximum Gasteiger partial charge on any atom is 0.586 e. The highest BCUT2D eigenvalue weighted by molar-refractivity contribution is 6.23. The molecule has 0 unspecified atom stereocenters. The first-order chi connectivity index (χ1) is 14.8. The van der Waals surface area contributed by atoms with Gasteiger partial charge in [0.05, 0.1) is 5.69 Å². The fourth-order valence-corrected chi connectivity index (χ4v) is 4.10. The number of anilines is 1. The fourth-order valence-electron chi connectivity index (χ4n) is 4.10. The number of amides is 3. The molecule has 2 aliphatic heterocycles. The van der Waals surface area contributed by atoms with E-state index in [4.69, 9.17) is 4.74 Å². The van der Waals surface area contributed by atoms with Crippen LogP contribution in [0.3, 0.4) is 0 Å². The van der Waals surface area contributed by atoms with Crippen LogP contribution < -0.4 is 24.4 Å². The van der Waals surface area contributed by atoms with Gasteiger partial charge in [-0.15, -0.1) is 8.78 Å². The van der Waals surface area contributed by atoms with Crippen molar-refractivity contribution in [1.29, 1.82) is 0 Å². The zero-order chi connectivity index (χ0) is 21.8. The summed E-state index contributed by atoms with van der Waals surface area (Å²) in [5, 5.41) is 2.71. The van der Waals surface area contributed by atoms with E-state index in [1.54, 1.807) is 0 Å². The van der Waals surface area contributed by atoms with Gasteiger partial charge in [0.25, 0.3) is 11.8 Å². The van der Waals surface area contributed by atoms with Crippen LogP contribution in [0.4, 0.5) is 23.7 Å². The zero-order valence-corrected chi connectivity index (χ0v) is 16.0. The summed E-state index contributed by atoms with van der Waals surface area (Å²) < 4.78 is 55.5. The molecule has 162 valence electrons. The zero-order valence-electron chi connectivity index (χ0n) is 16.0. The normalized spacial score (nSPS) is 20.8. The van der Waals surface area contributed by atoms with Gasteiger partial charge in [0.1, 0.15) is 11.3 Å². The van der Waals surface area contributed by atoms with E-state index in [0.717, 1.165) is 30.2 Å². The van der Waals surface area contributed by atoms with Gasteiger partial charge in [-0.2, -0.15) is 4.39 Å². The number of alkyl halides is 2. The average Bonchev–Trinajstić information content (AvgIpc) is 3.15. The SMILES string of the molecule is O=C1NC2(CCCCC2)C(=O)N1c1ccnc(Oc2ccc3c(c2)OC(F)(F)O3)c1F. The number of aromatic nitrogens is 1. The molecule has 1 aliphatic carbocycles. The van der Waals surface area contributed by atoms with Gasteiger partial charge in [0.15, 0.2) is 11.5 Å². The minimum absolute atomic E-state index is 0.0513. The molecule has 3 heterocycles. The molecular weight excluding hydrogens is 419 g/mol. The second-order valence-electron chi connectivity index (χ2n) is 7.54. The molecule has 1 saturated heterocycles. The van der Waals surface area contributed by atoms with Crippen LogP contribution >= 0.6 is 0 Å². The van der Waals surface area contributed by atoms with Crippen LogP contribution in [0.5, 0.6) is 23.1 Å². The summed E-state index contributed by atoms with van der Waals surface area (Å²) in [6.07, 6.45) is 0.905. The second-order valence-corrected chi connectivity index (χ2v) is 7.54. The van der Waals surface area contributed by atoms with Crippen molar-refractivity contribution in [2.24, 2.45) is 0 Å². The van der Waals surface area contributed by atoms with Crippen molar-refractivity contribution in [3.8, 4) is 23.1 Å². The van der Waals surface area contributed by atoms with Gasteiger partial charge in [-0.1, -0.05) is 19.3 Å². The highest BCUT2D eigenvalue weighted by Crippen LogP contribution is 2.44. The highest BCUT2D eigenvalue weighted by Gasteiger charge is 2.52. The quantitative estimate of drug-likeness (QED) is 0.731. The van der Waals surface area contributed by atoms with E-state index in [-0.39, 0.29) is 22.9 Å². The number of nitrogens with zero attached hydrogens (tertiary/aromatic N) is 2. The summed E-state index contributed by atoms with van der Waals surface area (Å²) in [4.78, 5) is 30.1. The minimum Gasteiger partial charge on any atom is -0.436 e. The molecule has 3 aliphatic rings. The largest absolute Gasteiger partial charge is 0.586 e. The molecule has 31 heavy (non-hydrogen) atoms. The van der Waals surface area contributed by atoms with Gasteiger partial charge in [-0.05, 0) is 31.0 Å². The summed E-state index contributed by atoms with van der Waals surface area (Å²) in [6.45, 7) is 0. The Hall–Kier alpha value is -3.50. The van der Waals surface area contributed by atoms with Crippen molar-refractivity contribution in [1.82, 2.24) is 10.3 Å². The van der Waals surface area contributed by atoms with Crippen LogP contribution in [0.2, 0.25) is 0 Å². The van der Waals surface area contributed by atoms with E-state index < -0.39 is 35.5 Å². The smallest absolute Gasteiger partial charge is 0.436 e. The predicted octanol–water partition coefficient (Wildman–Crippen LogP) is 4.09. The highest BCUT2D eigenvalue weighted by atomic mass is 19.3. The van der Waals surface area contributed by atoms with Gasteiger partial charge < -0.3 is 19.5 Å². The molecule has 0 radical (unpaired) electrons. The van der Waals surface area contributed by atoms with Crippen molar-refractivity contribution in [2.45, 2.75) is 43.9 Å². The first-order valence-electron chi connectivity index (χ1n) is 9.67. The van der Waals surface area contributed by atoms with Crippen LogP contribution in [0, 0.1) is 5.82 Å². The van der Waals surface area contributed by atoms with E-state index in [0.29, 0.717) is 12.8 Å². The number of pyridine rings is 1. The first-order valence-corrected chi connectivity index (χ1v) is 9.67. The monoisotopic (exact) mass is 435 g/mol. The lowest BCUT2D eigenvalue weighted by atomic mass is 9.82. The molecule has 8 nitrogen and oxygen atoms in total. The van der Waals surface area contributed by atoms with Crippen molar-refractivity contribution in [3.05, 3.63) is 36.3 Å². The Kier molecular flexibility index (Phi) is 4.24. The number of rotatable bonds is 3. The predicted molar refractivity (Wildman–Crippen MR) is 98.7 cm³/mol. The number of carbonyl (C=O) groups is 2.